The van der Waals surface area contributed by atoms with Crippen LogP contribution >= 0.6 is 15.9 Å². The first-order valence-electron chi connectivity index (χ1n) is 9.58. The molecule has 4 rings (SSSR count). The minimum atomic E-state index is -1.02. The summed E-state index contributed by atoms with van der Waals surface area (Å²) in [6.07, 6.45) is 0. The predicted octanol–water partition coefficient (Wildman–Crippen LogP) is 4.39. The van der Waals surface area contributed by atoms with E-state index in [0.29, 0.717) is 28.4 Å². The highest BCUT2D eigenvalue weighted by molar-refractivity contribution is 9.10. The van der Waals surface area contributed by atoms with E-state index in [9.17, 15) is 14.7 Å². The average molecular weight is 499 g/mol. The highest BCUT2D eigenvalue weighted by Crippen LogP contribution is 2.47. The maximum Gasteiger partial charge on any atom is 0.301 e. The lowest BCUT2D eigenvalue weighted by atomic mass is 9.94. The van der Waals surface area contributed by atoms with Gasteiger partial charge in [0.2, 0.25) is 0 Å². The molecule has 0 aliphatic carbocycles. The van der Waals surface area contributed by atoms with Crippen molar-refractivity contribution in [3.63, 3.8) is 0 Å². The summed E-state index contributed by atoms with van der Waals surface area (Å²) >= 11 is 3.35. The predicted molar refractivity (Wildman–Crippen MR) is 120 cm³/mol. The number of carbonyl (C=O) groups excluding carboxylic acids is 2. The Kier molecular flexibility index (Phi) is 5.75. The van der Waals surface area contributed by atoms with E-state index in [1.165, 1.54) is 19.1 Å². The molecule has 1 aromatic heterocycles. The summed E-state index contributed by atoms with van der Waals surface area (Å²) in [5.41, 5.74) is 0.740. The Labute approximate surface area is 192 Å². The molecule has 1 aliphatic heterocycles. The Bertz CT molecular complexity index is 1230. The molecule has 1 saturated heterocycles. The fourth-order valence-corrected chi connectivity index (χ4v) is 3.98. The number of nitrogens with zero attached hydrogens (tertiary/aromatic N) is 2. The van der Waals surface area contributed by atoms with Gasteiger partial charge in [-0.25, -0.2) is 0 Å². The van der Waals surface area contributed by atoms with Crippen molar-refractivity contribution in [3.05, 3.63) is 75.5 Å². The molecule has 0 saturated carbocycles. The third-order valence-electron chi connectivity index (χ3n) is 5.15. The number of aryl methyl sites for hydroxylation is 1. The van der Waals surface area contributed by atoms with E-state index >= 15 is 0 Å². The molecular formula is C23H19BrN2O6. The molecule has 9 heteroatoms. The van der Waals surface area contributed by atoms with Gasteiger partial charge in [0.1, 0.15) is 17.6 Å². The maximum absolute atomic E-state index is 13.2. The minimum absolute atomic E-state index is 0.0930. The summed E-state index contributed by atoms with van der Waals surface area (Å²) in [7, 11) is 2.95. The van der Waals surface area contributed by atoms with Crippen molar-refractivity contribution in [1.29, 1.82) is 0 Å². The number of halogens is 1. The average Bonchev–Trinajstić information content (AvgIpc) is 3.33. The second-order valence-electron chi connectivity index (χ2n) is 7.05. The zero-order valence-corrected chi connectivity index (χ0v) is 19.0. The lowest BCUT2D eigenvalue weighted by Crippen LogP contribution is -2.30. The van der Waals surface area contributed by atoms with E-state index < -0.39 is 17.7 Å². The van der Waals surface area contributed by atoms with Gasteiger partial charge < -0.3 is 19.1 Å². The summed E-state index contributed by atoms with van der Waals surface area (Å²) in [4.78, 5) is 27.5. The van der Waals surface area contributed by atoms with Crippen molar-refractivity contribution in [2.45, 2.75) is 13.0 Å². The molecule has 1 fully saturated rings. The lowest BCUT2D eigenvalue weighted by molar-refractivity contribution is -0.132. The van der Waals surface area contributed by atoms with Crippen LogP contribution in [0.15, 0.2) is 63.1 Å². The quantitative estimate of drug-likeness (QED) is 0.316. The first-order valence-corrected chi connectivity index (χ1v) is 10.4. The molecule has 1 amide bonds. The van der Waals surface area contributed by atoms with Gasteiger partial charge in [0.25, 0.3) is 5.78 Å². The SMILES string of the molecule is COc1cccc(C2C(=C(O)c3ccc(Br)cc3)C(=O)C(=O)N2c2cc(C)on2)c1OC. The molecule has 164 valence electrons. The van der Waals surface area contributed by atoms with Gasteiger partial charge in [0.15, 0.2) is 17.3 Å². The van der Waals surface area contributed by atoms with Gasteiger partial charge in [-0.15, -0.1) is 0 Å². The van der Waals surface area contributed by atoms with Gasteiger partial charge in [-0.2, -0.15) is 0 Å². The standard InChI is InChI=1S/C23H19BrN2O6/c1-12-11-17(25-32-12)26-19(15-5-4-6-16(30-2)22(15)31-3)18(21(28)23(26)29)20(27)13-7-9-14(24)10-8-13/h4-11,19,27H,1-3H3. The van der Waals surface area contributed by atoms with E-state index in [0.717, 1.165) is 4.47 Å². The number of rotatable bonds is 5. The number of aromatic nitrogens is 1. The van der Waals surface area contributed by atoms with Crippen LogP contribution in [0.5, 0.6) is 11.5 Å². The van der Waals surface area contributed by atoms with Crippen LogP contribution in [0.3, 0.4) is 0 Å². The number of aliphatic hydroxyl groups excluding tert-OH is 1. The van der Waals surface area contributed by atoms with E-state index in [-0.39, 0.29) is 17.2 Å². The van der Waals surface area contributed by atoms with E-state index in [4.69, 9.17) is 14.0 Å². The van der Waals surface area contributed by atoms with E-state index in [2.05, 4.69) is 21.1 Å². The smallest absolute Gasteiger partial charge is 0.301 e. The number of Topliss-reactive ketones (excluding diaryl/α,β-unsaturated/α-hetero) is 1. The van der Waals surface area contributed by atoms with Crippen LogP contribution in [-0.2, 0) is 9.59 Å². The molecule has 2 heterocycles. The zero-order valence-electron chi connectivity index (χ0n) is 17.5. The van der Waals surface area contributed by atoms with Crippen molar-refractivity contribution in [2.24, 2.45) is 0 Å². The number of methoxy groups -OCH3 is 2. The van der Waals surface area contributed by atoms with Gasteiger partial charge >= 0.3 is 5.91 Å². The summed E-state index contributed by atoms with van der Waals surface area (Å²) in [5.74, 6) is -0.647. The Morgan fingerprint density at radius 2 is 1.84 bits per heavy atom. The number of ether oxygens (including phenoxy) is 2. The number of para-hydroxylation sites is 1. The van der Waals surface area contributed by atoms with Gasteiger partial charge in [-0.3, -0.25) is 14.5 Å². The molecule has 1 unspecified atom stereocenters. The Morgan fingerprint density at radius 1 is 1.12 bits per heavy atom. The van der Waals surface area contributed by atoms with E-state index in [1.54, 1.807) is 55.5 Å². The molecule has 3 aromatic rings. The van der Waals surface area contributed by atoms with Crippen LogP contribution < -0.4 is 14.4 Å². The highest BCUT2D eigenvalue weighted by atomic mass is 79.9. The molecule has 32 heavy (non-hydrogen) atoms. The fraction of sp³-hybridized carbons (Fsp3) is 0.174. The van der Waals surface area contributed by atoms with Crippen molar-refractivity contribution < 1.29 is 28.7 Å². The number of hydrogen-bond acceptors (Lipinski definition) is 7. The van der Waals surface area contributed by atoms with Crippen molar-refractivity contribution in [3.8, 4) is 11.5 Å². The number of hydrogen-bond donors (Lipinski definition) is 1. The first kappa shape index (κ1) is 21.6. The Hall–Kier alpha value is -3.59. The summed E-state index contributed by atoms with van der Waals surface area (Å²) in [6, 6.07) is 12.4. The Morgan fingerprint density at radius 3 is 2.44 bits per heavy atom. The van der Waals surface area contributed by atoms with Crippen molar-refractivity contribution in [2.75, 3.05) is 19.1 Å². The normalized spacial score (nSPS) is 17.6. The molecule has 1 aliphatic rings. The van der Waals surface area contributed by atoms with Crippen molar-refractivity contribution in [1.82, 2.24) is 5.16 Å². The Balaban J connectivity index is 2.01. The van der Waals surface area contributed by atoms with Crippen LogP contribution in [-0.4, -0.2) is 36.2 Å². The van der Waals surface area contributed by atoms with E-state index in [1.807, 2.05) is 0 Å². The van der Waals surface area contributed by atoms with Crippen LogP contribution in [0, 0.1) is 6.92 Å². The van der Waals surface area contributed by atoms with Gasteiger partial charge in [-0.1, -0.05) is 45.4 Å². The third-order valence-corrected chi connectivity index (χ3v) is 5.68. The molecule has 0 spiro atoms. The molecule has 0 radical (unpaired) electrons. The molecule has 1 atom stereocenters. The molecule has 0 bridgehead atoms. The van der Waals surface area contributed by atoms with Gasteiger partial charge in [0, 0.05) is 21.7 Å². The monoisotopic (exact) mass is 498 g/mol. The number of ketones is 1. The minimum Gasteiger partial charge on any atom is -0.507 e. The number of aliphatic hydroxyl groups is 1. The van der Waals surface area contributed by atoms with Crippen LogP contribution in [0.25, 0.3) is 5.76 Å². The molecule has 8 nitrogen and oxygen atoms in total. The van der Waals surface area contributed by atoms with Gasteiger partial charge in [-0.05, 0) is 25.1 Å². The zero-order chi connectivity index (χ0) is 23.0. The largest absolute Gasteiger partial charge is 0.507 e. The second kappa shape index (κ2) is 8.51. The maximum atomic E-state index is 13.2. The van der Waals surface area contributed by atoms with Crippen LogP contribution in [0.4, 0.5) is 5.82 Å². The number of amides is 1. The number of benzene rings is 2. The molecular weight excluding hydrogens is 480 g/mol. The lowest BCUT2D eigenvalue weighted by Gasteiger charge is -2.25. The van der Waals surface area contributed by atoms with Crippen molar-refractivity contribution >= 4 is 39.2 Å². The summed E-state index contributed by atoms with van der Waals surface area (Å²) in [5, 5.41) is 15.1. The number of carbonyl (C=O) groups is 2. The van der Waals surface area contributed by atoms with Crippen LogP contribution in [0.1, 0.15) is 22.9 Å². The first-order chi connectivity index (χ1) is 15.4. The topological polar surface area (TPSA) is 102 Å². The van der Waals surface area contributed by atoms with Crippen LogP contribution in [0.2, 0.25) is 0 Å². The highest BCUT2D eigenvalue weighted by Gasteiger charge is 2.49. The molecule has 2 aromatic carbocycles. The third kappa shape index (κ3) is 3.54. The fourth-order valence-electron chi connectivity index (χ4n) is 3.72. The summed E-state index contributed by atoms with van der Waals surface area (Å²) < 4.78 is 16.9. The second-order valence-corrected chi connectivity index (χ2v) is 7.97. The molecule has 1 N–H and O–H groups in total. The number of anilines is 1. The van der Waals surface area contributed by atoms with Gasteiger partial charge in [0.05, 0.1) is 19.8 Å². The summed E-state index contributed by atoms with van der Waals surface area (Å²) in [6.45, 7) is 1.68.